The summed E-state index contributed by atoms with van der Waals surface area (Å²) >= 11 is 0. The van der Waals surface area contributed by atoms with E-state index in [0.717, 1.165) is 11.1 Å². The van der Waals surface area contributed by atoms with Gasteiger partial charge in [-0.3, -0.25) is 9.59 Å². The minimum absolute atomic E-state index is 0.0937. The topological polar surface area (TPSA) is 52.6 Å². The standard InChI is InChI=1S/C25H28O4/c1-17-11-10-16-22(24(26)28-18(2)20-12-6-4-7-13-20)23(17)25(27)29-19(3)21-14-8-5-9-15-21/h4-15,17-19,22-23H,16H2,1-3H3. The van der Waals surface area contributed by atoms with Gasteiger partial charge in [-0.2, -0.15) is 0 Å². The summed E-state index contributed by atoms with van der Waals surface area (Å²) in [6.07, 6.45) is 3.66. The molecule has 0 amide bonds. The molecule has 2 aromatic carbocycles. The largest absolute Gasteiger partial charge is 0.458 e. The van der Waals surface area contributed by atoms with Crippen molar-refractivity contribution in [3.8, 4) is 0 Å². The van der Waals surface area contributed by atoms with Crippen LogP contribution in [0.5, 0.6) is 0 Å². The van der Waals surface area contributed by atoms with Gasteiger partial charge in [-0.1, -0.05) is 79.7 Å². The van der Waals surface area contributed by atoms with E-state index in [1.807, 2.05) is 93.6 Å². The van der Waals surface area contributed by atoms with Crippen LogP contribution in [0.1, 0.15) is 50.5 Å². The van der Waals surface area contributed by atoms with Gasteiger partial charge in [0, 0.05) is 0 Å². The number of carbonyl (C=O) groups excluding carboxylic acids is 2. The molecule has 152 valence electrons. The SMILES string of the molecule is CC(OC(=O)C1CC=CC(C)C1C(=O)OC(C)c1ccccc1)c1ccccc1. The molecule has 0 N–H and O–H groups in total. The van der Waals surface area contributed by atoms with Crippen LogP contribution in [0.3, 0.4) is 0 Å². The van der Waals surface area contributed by atoms with Gasteiger partial charge in [0.1, 0.15) is 12.2 Å². The number of esters is 2. The lowest BCUT2D eigenvalue weighted by molar-refractivity contribution is -0.168. The smallest absolute Gasteiger partial charge is 0.311 e. The quantitative estimate of drug-likeness (QED) is 0.486. The third-order valence-electron chi connectivity index (χ3n) is 5.53. The number of allylic oxidation sites excluding steroid dienone is 2. The molecule has 0 heterocycles. The average molecular weight is 392 g/mol. The van der Waals surface area contributed by atoms with Crippen molar-refractivity contribution in [1.29, 1.82) is 0 Å². The Hall–Kier alpha value is -2.88. The zero-order valence-electron chi connectivity index (χ0n) is 17.2. The molecule has 4 nitrogen and oxygen atoms in total. The molecule has 0 saturated carbocycles. The predicted octanol–water partition coefficient (Wildman–Crippen LogP) is 5.42. The number of hydrogen-bond acceptors (Lipinski definition) is 4. The molecule has 0 bridgehead atoms. The van der Waals surface area contributed by atoms with Gasteiger partial charge < -0.3 is 9.47 Å². The summed E-state index contributed by atoms with van der Waals surface area (Å²) in [7, 11) is 0. The minimum atomic E-state index is -0.554. The molecule has 0 fully saturated rings. The van der Waals surface area contributed by atoms with Crippen LogP contribution in [-0.4, -0.2) is 11.9 Å². The summed E-state index contributed by atoms with van der Waals surface area (Å²) in [4.78, 5) is 25.9. The van der Waals surface area contributed by atoms with Crippen molar-refractivity contribution in [2.24, 2.45) is 17.8 Å². The van der Waals surface area contributed by atoms with Gasteiger partial charge in [-0.15, -0.1) is 0 Å². The molecule has 4 heteroatoms. The Balaban J connectivity index is 1.70. The first kappa shape index (κ1) is 20.8. The summed E-state index contributed by atoms with van der Waals surface area (Å²) in [5.41, 5.74) is 1.86. The van der Waals surface area contributed by atoms with Crippen LogP contribution in [0, 0.1) is 17.8 Å². The first-order valence-electron chi connectivity index (χ1n) is 10.1. The van der Waals surface area contributed by atoms with Crippen LogP contribution in [0.25, 0.3) is 0 Å². The van der Waals surface area contributed by atoms with Crippen molar-refractivity contribution in [3.05, 3.63) is 83.9 Å². The Morgan fingerprint density at radius 3 is 1.83 bits per heavy atom. The molecule has 5 unspecified atom stereocenters. The van der Waals surface area contributed by atoms with Crippen LogP contribution in [0.15, 0.2) is 72.8 Å². The molecule has 0 aromatic heterocycles. The zero-order valence-corrected chi connectivity index (χ0v) is 17.2. The second-order valence-corrected chi connectivity index (χ2v) is 7.63. The maximum atomic E-state index is 13.0. The Morgan fingerprint density at radius 2 is 1.31 bits per heavy atom. The van der Waals surface area contributed by atoms with Crippen LogP contribution >= 0.6 is 0 Å². The van der Waals surface area contributed by atoms with Gasteiger partial charge in [-0.05, 0) is 37.3 Å². The highest BCUT2D eigenvalue weighted by Gasteiger charge is 2.41. The molecular weight excluding hydrogens is 364 g/mol. The average Bonchev–Trinajstić information content (AvgIpc) is 2.74. The fourth-order valence-electron chi connectivity index (χ4n) is 3.79. The Bertz CT molecular complexity index is 844. The van der Waals surface area contributed by atoms with E-state index >= 15 is 0 Å². The van der Waals surface area contributed by atoms with E-state index in [9.17, 15) is 9.59 Å². The highest BCUT2D eigenvalue weighted by Crippen LogP contribution is 2.35. The van der Waals surface area contributed by atoms with Crippen molar-refractivity contribution < 1.29 is 19.1 Å². The number of hydrogen-bond donors (Lipinski definition) is 0. The van der Waals surface area contributed by atoms with Crippen molar-refractivity contribution >= 4 is 11.9 Å². The Kier molecular flexibility index (Phi) is 6.86. The number of carbonyl (C=O) groups is 2. The number of benzene rings is 2. The van der Waals surface area contributed by atoms with Crippen LogP contribution in [0.2, 0.25) is 0 Å². The first-order valence-corrected chi connectivity index (χ1v) is 10.1. The van der Waals surface area contributed by atoms with E-state index in [1.165, 1.54) is 0 Å². The molecule has 0 radical (unpaired) electrons. The predicted molar refractivity (Wildman–Crippen MR) is 112 cm³/mol. The number of rotatable bonds is 6. The lowest BCUT2D eigenvalue weighted by atomic mass is 9.76. The summed E-state index contributed by atoms with van der Waals surface area (Å²) in [5.74, 6) is -1.90. The summed E-state index contributed by atoms with van der Waals surface area (Å²) in [6, 6.07) is 19.2. The van der Waals surface area contributed by atoms with Gasteiger partial charge in [0.05, 0.1) is 11.8 Å². The third kappa shape index (κ3) is 5.14. The van der Waals surface area contributed by atoms with E-state index in [0.29, 0.717) is 6.42 Å². The molecule has 29 heavy (non-hydrogen) atoms. The van der Waals surface area contributed by atoms with Crippen molar-refractivity contribution in [1.82, 2.24) is 0 Å². The zero-order chi connectivity index (χ0) is 20.8. The number of ether oxygens (including phenoxy) is 2. The highest BCUT2D eigenvalue weighted by molar-refractivity contribution is 5.83. The molecule has 2 aromatic rings. The first-order chi connectivity index (χ1) is 14.0. The molecule has 1 aliphatic rings. The molecular formula is C25H28O4. The fraction of sp³-hybridized carbons (Fsp3) is 0.360. The normalized spacial score (nSPS) is 23.1. The fourth-order valence-corrected chi connectivity index (χ4v) is 3.79. The molecule has 5 atom stereocenters. The van der Waals surface area contributed by atoms with Gasteiger partial charge >= 0.3 is 11.9 Å². The molecule has 0 saturated heterocycles. The summed E-state index contributed by atoms with van der Waals surface area (Å²) < 4.78 is 11.4. The molecule has 0 spiro atoms. The lowest BCUT2D eigenvalue weighted by Gasteiger charge is -2.31. The lowest BCUT2D eigenvalue weighted by Crippen LogP contribution is -2.38. The second kappa shape index (κ2) is 9.55. The summed E-state index contributed by atoms with van der Waals surface area (Å²) in [5, 5.41) is 0. The third-order valence-corrected chi connectivity index (χ3v) is 5.53. The van der Waals surface area contributed by atoms with E-state index in [4.69, 9.17) is 9.47 Å². The van der Waals surface area contributed by atoms with E-state index < -0.39 is 11.8 Å². The second-order valence-electron chi connectivity index (χ2n) is 7.63. The van der Waals surface area contributed by atoms with Gasteiger partial charge in [-0.25, -0.2) is 0 Å². The van der Waals surface area contributed by atoms with Crippen LogP contribution in [-0.2, 0) is 19.1 Å². The van der Waals surface area contributed by atoms with Crippen LogP contribution in [0.4, 0.5) is 0 Å². The van der Waals surface area contributed by atoms with E-state index in [1.54, 1.807) is 0 Å². The maximum absolute atomic E-state index is 13.0. The molecule has 1 aliphatic carbocycles. The van der Waals surface area contributed by atoms with Crippen LogP contribution < -0.4 is 0 Å². The molecule has 3 rings (SSSR count). The van der Waals surface area contributed by atoms with Crippen molar-refractivity contribution in [3.63, 3.8) is 0 Å². The highest BCUT2D eigenvalue weighted by atomic mass is 16.6. The molecule has 0 aliphatic heterocycles. The van der Waals surface area contributed by atoms with Gasteiger partial charge in [0.2, 0.25) is 0 Å². The van der Waals surface area contributed by atoms with E-state index in [-0.39, 0.29) is 30.1 Å². The monoisotopic (exact) mass is 392 g/mol. The van der Waals surface area contributed by atoms with Crippen molar-refractivity contribution in [2.45, 2.75) is 39.4 Å². The summed E-state index contributed by atoms with van der Waals surface area (Å²) in [6.45, 7) is 5.64. The Labute approximate surface area is 172 Å². The van der Waals surface area contributed by atoms with Gasteiger partial charge in [0.25, 0.3) is 0 Å². The Morgan fingerprint density at radius 1 is 0.828 bits per heavy atom. The van der Waals surface area contributed by atoms with E-state index in [2.05, 4.69) is 0 Å². The van der Waals surface area contributed by atoms with Gasteiger partial charge in [0.15, 0.2) is 0 Å². The minimum Gasteiger partial charge on any atom is -0.458 e. The van der Waals surface area contributed by atoms with Crippen molar-refractivity contribution in [2.75, 3.05) is 0 Å². The maximum Gasteiger partial charge on any atom is 0.311 e.